The summed E-state index contributed by atoms with van der Waals surface area (Å²) in [6, 6.07) is 5.39. The van der Waals surface area contributed by atoms with E-state index in [2.05, 4.69) is 42.0 Å². The van der Waals surface area contributed by atoms with E-state index in [1.807, 2.05) is 12.1 Å². The highest BCUT2D eigenvalue weighted by Gasteiger charge is 2.07. The van der Waals surface area contributed by atoms with Crippen molar-refractivity contribution >= 4 is 15.9 Å². The van der Waals surface area contributed by atoms with E-state index in [0.717, 1.165) is 12.1 Å². The zero-order chi connectivity index (χ0) is 11.4. The number of nitrogens with one attached hydrogen (secondary N) is 1. The molecule has 1 rings (SSSR count). The van der Waals surface area contributed by atoms with Gasteiger partial charge in [0, 0.05) is 6.04 Å². The quantitative estimate of drug-likeness (QED) is 0.878. The van der Waals surface area contributed by atoms with Crippen molar-refractivity contribution in [2.75, 3.05) is 6.54 Å². The smallest absolute Gasteiger partial charge is 0.137 e. The Morgan fingerprint density at radius 1 is 1.33 bits per heavy atom. The lowest BCUT2D eigenvalue weighted by Crippen LogP contribution is -2.23. The minimum Gasteiger partial charge on any atom is -0.310 e. The molecule has 1 N–H and O–H groups in total. The van der Waals surface area contributed by atoms with Crippen LogP contribution in [0.2, 0.25) is 0 Å². The maximum absolute atomic E-state index is 13.0. The predicted octanol–water partition coefficient (Wildman–Crippen LogP) is 3.89. The van der Waals surface area contributed by atoms with Gasteiger partial charge in [-0.3, -0.25) is 0 Å². The van der Waals surface area contributed by atoms with E-state index >= 15 is 0 Å². The van der Waals surface area contributed by atoms with Gasteiger partial charge in [0.2, 0.25) is 0 Å². The van der Waals surface area contributed by atoms with Crippen LogP contribution in [0.3, 0.4) is 0 Å². The number of rotatable bonds is 4. The zero-order valence-electron chi connectivity index (χ0n) is 9.35. The first kappa shape index (κ1) is 12.7. The molecule has 0 aliphatic carbocycles. The van der Waals surface area contributed by atoms with Crippen LogP contribution >= 0.6 is 15.9 Å². The third-order valence-corrected chi connectivity index (χ3v) is 2.88. The Morgan fingerprint density at radius 2 is 2.00 bits per heavy atom. The van der Waals surface area contributed by atoms with Gasteiger partial charge in [-0.1, -0.05) is 19.9 Å². The van der Waals surface area contributed by atoms with Crippen LogP contribution in [0.5, 0.6) is 0 Å². The van der Waals surface area contributed by atoms with Crippen LogP contribution in [0.1, 0.15) is 32.4 Å². The van der Waals surface area contributed by atoms with Crippen molar-refractivity contribution in [2.45, 2.75) is 26.8 Å². The van der Waals surface area contributed by atoms with Crippen molar-refractivity contribution < 1.29 is 4.39 Å². The minimum atomic E-state index is -0.213. The summed E-state index contributed by atoms with van der Waals surface area (Å²) in [6.45, 7) is 7.39. The van der Waals surface area contributed by atoms with Gasteiger partial charge in [0.05, 0.1) is 4.47 Å². The van der Waals surface area contributed by atoms with Gasteiger partial charge < -0.3 is 5.32 Å². The third kappa shape index (κ3) is 3.92. The summed E-state index contributed by atoms with van der Waals surface area (Å²) in [4.78, 5) is 0. The monoisotopic (exact) mass is 273 g/mol. The van der Waals surface area contributed by atoms with Crippen LogP contribution in [0.15, 0.2) is 22.7 Å². The van der Waals surface area contributed by atoms with E-state index in [-0.39, 0.29) is 11.9 Å². The highest BCUT2D eigenvalue weighted by Crippen LogP contribution is 2.21. The van der Waals surface area contributed by atoms with Crippen molar-refractivity contribution in [3.8, 4) is 0 Å². The summed E-state index contributed by atoms with van der Waals surface area (Å²) in [5.74, 6) is 0.408. The molecular weight excluding hydrogens is 257 g/mol. The fourth-order valence-corrected chi connectivity index (χ4v) is 1.71. The van der Waals surface area contributed by atoms with Crippen LogP contribution in [0.4, 0.5) is 4.39 Å². The van der Waals surface area contributed by atoms with E-state index in [9.17, 15) is 4.39 Å². The van der Waals surface area contributed by atoms with Gasteiger partial charge in [0.1, 0.15) is 5.82 Å². The van der Waals surface area contributed by atoms with Crippen molar-refractivity contribution in [3.05, 3.63) is 34.1 Å². The van der Waals surface area contributed by atoms with Crippen LogP contribution in [0.25, 0.3) is 0 Å². The molecule has 0 saturated heterocycles. The van der Waals surface area contributed by atoms with Gasteiger partial charge in [-0.25, -0.2) is 4.39 Å². The summed E-state index contributed by atoms with van der Waals surface area (Å²) < 4.78 is 13.5. The minimum absolute atomic E-state index is 0.213. The zero-order valence-corrected chi connectivity index (χ0v) is 10.9. The van der Waals surface area contributed by atoms with Gasteiger partial charge in [0.25, 0.3) is 0 Å². The number of hydrogen-bond acceptors (Lipinski definition) is 1. The molecule has 0 amide bonds. The lowest BCUT2D eigenvalue weighted by molar-refractivity contribution is 0.495. The molecular formula is C12H17BrFN. The summed E-state index contributed by atoms with van der Waals surface area (Å²) in [6.07, 6.45) is 0. The molecule has 1 nitrogen and oxygen atoms in total. The van der Waals surface area contributed by atoms with Gasteiger partial charge >= 0.3 is 0 Å². The van der Waals surface area contributed by atoms with E-state index in [0.29, 0.717) is 10.4 Å². The molecule has 0 bridgehead atoms. The molecule has 15 heavy (non-hydrogen) atoms. The largest absolute Gasteiger partial charge is 0.310 e. The third-order valence-electron chi connectivity index (χ3n) is 2.28. The average molecular weight is 274 g/mol. The number of hydrogen-bond donors (Lipinski definition) is 1. The first-order valence-corrected chi connectivity index (χ1v) is 5.98. The summed E-state index contributed by atoms with van der Waals surface area (Å²) in [5.41, 5.74) is 1.10. The Balaban J connectivity index is 2.65. The van der Waals surface area contributed by atoms with E-state index in [1.165, 1.54) is 6.07 Å². The fourth-order valence-electron chi connectivity index (χ4n) is 1.31. The Labute approximate surface area is 99.2 Å². The lowest BCUT2D eigenvalue weighted by Gasteiger charge is -2.16. The first-order chi connectivity index (χ1) is 7.00. The van der Waals surface area contributed by atoms with Crippen molar-refractivity contribution in [3.63, 3.8) is 0 Å². The molecule has 0 spiro atoms. The molecule has 84 valence electrons. The predicted molar refractivity (Wildman–Crippen MR) is 65.4 cm³/mol. The summed E-state index contributed by atoms with van der Waals surface area (Å²) in [7, 11) is 0. The second kappa shape index (κ2) is 5.61. The van der Waals surface area contributed by atoms with Crippen LogP contribution in [-0.2, 0) is 0 Å². The van der Waals surface area contributed by atoms with Crippen LogP contribution in [-0.4, -0.2) is 6.54 Å². The molecule has 1 unspecified atom stereocenters. The van der Waals surface area contributed by atoms with Gasteiger partial charge in [-0.2, -0.15) is 0 Å². The normalized spacial score (nSPS) is 13.2. The first-order valence-electron chi connectivity index (χ1n) is 5.19. The summed E-state index contributed by atoms with van der Waals surface area (Å²) >= 11 is 3.19. The Bertz CT molecular complexity index is 325. The maximum Gasteiger partial charge on any atom is 0.137 e. The van der Waals surface area contributed by atoms with E-state index < -0.39 is 0 Å². The topological polar surface area (TPSA) is 12.0 Å². The molecule has 0 aromatic heterocycles. The van der Waals surface area contributed by atoms with Crippen molar-refractivity contribution in [1.82, 2.24) is 5.32 Å². The van der Waals surface area contributed by atoms with Crippen LogP contribution in [0, 0.1) is 11.7 Å². The molecule has 0 heterocycles. The van der Waals surface area contributed by atoms with Crippen molar-refractivity contribution in [1.29, 1.82) is 0 Å². The SMILES string of the molecule is CC(C)CNC(C)c1ccc(F)c(Br)c1. The second-order valence-electron chi connectivity index (χ2n) is 4.20. The van der Waals surface area contributed by atoms with Gasteiger partial charge in [-0.15, -0.1) is 0 Å². The van der Waals surface area contributed by atoms with E-state index in [1.54, 1.807) is 0 Å². The van der Waals surface area contributed by atoms with Crippen molar-refractivity contribution in [2.24, 2.45) is 5.92 Å². The fraction of sp³-hybridized carbons (Fsp3) is 0.500. The molecule has 3 heteroatoms. The highest BCUT2D eigenvalue weighted by atomic mass is 79.9. The standard InChI is InChI=1S/C12H17BrFN/c1-8(2)7-15-9(3)10-4-5-12(14)11(13)6-10/h4-6,8-9,15H,7H2,1-3H3. The summed E-state index contributed by atoms with van der Waals surface area (Å²) in [5, 5.41) is 3.40. The molecule has 1 aromatic carbocycles. The number of halogens is 2. The Hall–Kier alpha value is -0.410. The molecule has 0 fully saturated rings. The van der Waals surface area contributed by atoms with Gasteiger partial charge in [-0.05, 0) is 53.0 Å². The molecule has 0 aliphatic heterocycles. The molecule has 1 atom stereocenters. The maximum atomic E-state index is 13.0. The Morgan fingerprint density at radius 3 is 2.53 bits per heavy atom. The second-order valence-corrected chi connectivity index (χ2v) is 5.05. The van der Waals surface area contributed by atoms with Gasteiger partial charge in [0.15, 0.2) is 0 Å². The number of benzene rings is 1. The van der Waals surface area contributed by atoms with E-state index in [4.69, 9.17) is 0 Å². The van der Waals surface area contributed by atoms with Crippen LogP contribution < -0.4 is 5.32 Å². The molecule has 1 aromatic rings. The highest BCUT2D eigenvalue weighted by molar-refractivity contribution is 9.10. The average Bonchev–Trinajstić information content (AvgIpc) is 2.18. The molecule has 0 radical (unpaired) electrons. The molecule has 0 aliphatic rings. The molecule has 0 saturated carbocycles. The lowest BCUT2D eigenvalue weighted by atomic mass is 10.1. The Kier molecular flexibility index (Phi) is 4.74.